The summed E-state index contributed by atoms with van der Waals surface area (Å²) in [5, 5.41) is 0. The Morgan fingerprint density at radius 2 is 1.00 bits per heavy atom. The predicted octanol–water partition coefficient (Wildman–Crippen LogP) is 2.71. The van der Waals surface area contributed by atoms with Crippen molar-refractivity contribution in [1.82, 2.24) is 12.3 Å². The molecule has 0 rings (SSSR count). The number of allylic oxidation sites excluding steroid dienone is 1. The number of hydrogen-bond donors (Lipinski definition) is 2. The van der Waals surface area contributed by atoms with Gasteiger partial charge in [0.25, 0.3) is 0 Å². The van der Waals surface area contributed by atoms with E-state index in [0.717, 1.165) is 0 Å². The molecule has 2 heteroatoms. The lowest BCUT2D eigenvalue weighted by Gasteiger charge is -1.65. The summed E-state index contributed by atoms with van der Waals surface area (Å²) in [4.78, 5) is 0. The third-order valence-corrected chi connectivity index (χ3v) is 0. The normalized spacial score (nSPS) is 3.75. The van der Waals surface area contributed by atoms with Gasteiger partial charge in [-0.1, -0.05) is 5.57 Å². The maximum atomic E-state index is 3.56. The average molecular weight is 118 g/mol. The summed E-state index contributed by atoms with van der Waals surface area (Å²) in [6, 6.07) is 0. The lowest BCUT2D eigenvalue weighted by atomic mass is 10.4. The van der Waals surface area contributed by atoms with Gasteiger partial charge in [0.15, 0.2) is 0 Å². The highest BCUT2D eigenvalue weighted by atomic mass is 14.0. The highest BCUT2D eigenvalue weighted by molar-refractivity contribution is 4.78. The van der Waals surface area contributed by atoms with Crippen LogP contribution in [0, 0.1) is 0 Å². The Kier molecular flexibility index (Phi) is 106. The molecule has 0 spiro atoms. The highest BCUT2D eigenvalue weighted by Gasteiger charge is 1.51. The van der Waals surface area contributed by atoms with Crippen LogP contribution in [-0.4, -0.2) is 0 Å². The molecule has 0 aromatic rings. The molecule has 0 aliphatic carbocycles. The monoisotopic (exact) mass is 118 g/mol. The van der Waals surface area contributed by atoms with E-state index in [1.165, 1.54) is 5.57 Å². The topological polar surface area (TPSA) is 70.0 Å². The fourth-order valence-electron chi connectivity index (χ4n) is 0. The summed E-state index contributed by atoms with van der Waals surface area (Å²) in [7, 11) is 0. The van der Waals surface area contributed by atoms with Gasteiger partial charge in [0, 0.05) is 0 Å². The van der Waals surface area contributed by atoms with E-state index in [1.54, 1.807) is 0 Å². The first-order chi connectivity index (χ1) is 2.73. The molecule has 0 unspecified atom stereocenters. The number of rotatable bonds is 0. The minimum atomic E-state index is 0. The molecule has 0 atom stereocenters. The molecular formula is C6H18N2. The Hall–Kier alpha value is -0.600. The third kappa shape index (κ3) is 290. The van der Waals surface area contributed by atoms with Gasteiger partial charge in [0.2, 0.25) is 0 Å². The largest absolute Gasteiger partial charge is 0.344 e. The second-order valence-corrected chi connectivity index (χ2v) is 1.21. The van der Waals surface area contributed by atoms with E-state index in [1.807, 2.05) is 13.8 Å². The Morgan fingerprint density at radius 3 is 1.00 bits per heavy atom. The van der Waals surface area contributed by atoms with Crippen molar-refractivity contribution >= 4 is 0 Å². The van der Waals surface area contributed by atoms with Crippen LogP contribution in [0.15, 0.2) is 25.3 Å². The van der Waals surface area contributed by atoms with Crippen LogP contribution in [0.5, 0.6) is 0 Å². The molecular weight excluding hydrogens is 100 g/mol. The summed E-state index contributed by atoms with van der Waals surface area (Å²) < 4.78 is 0. The molecule has 52 valence electrons. The van der Waals surface area contributed by atoms with Crippen molar-refractivity contribution in [1.29, 1.82) is 0 Å². The van der Waals surface area contributed by atoms with Crippen molar-refractivity contribution in [2.24, 2.45) is 0 Å². The van der Waals surface area contributed by atoms with Crippen LogP contribution in [0.25, 0.3) is 0 Å². The first kappa shape index (κ1) is 26.2. The van der Waals surface area contributed by atoms with Crippen LogP contribution in [0.1, 0.15) is 13.8 Å². The van der Waals surface area contributed by atoms with E-state index in [2.05, 4.69) is 19.7 Å². The lowest BCUT2D eigenvalue weighted by Crippen LogP contribution is -1.43. The van der Waals surface area contributed by atoms with Crippen LogP contribution in [0.3, 0.4) is 0 Å². The molecule has 0 aromatic heterocycles. The SMILES string of the molecule is C=C.C=C(C)C.N.N. The molecule has 0 heterocycles. The van der Waals surface area contributed by atoms with Crippen molar-refractivity contribution in [2.45, 2.75) is 13.8 Å². The molecule has 0 aliphatic heterocycles. The fourth-order valence-corrected chi connectivity index (χ4v) is 0. The predicted molar refractivity (Wildman–Crippen MR) is 41.8 cm³/mol. The highest BCUT2D eigenvalue weighted by Crippen LogP contribution is 1.73. The Balaban J connectivity index is -0.0000000183. The zero-order chi connectivity index (χ0) is 5.58. The Bertz CT molecular complexity index is 37.8. The smallest absolute Gasteiger partial charge is 0.0445 e. The minimum absolute atomic E-state index is 0. The summed E-state index contributed by atoms with van der Waals surface area (Å²) in [6.07, 6.45) is 0. The molecule has 6 N–H and O–H groups in total. The first-order valence-corrected chi connectivity index (χ1v) is 1.85. The van der Waals surface area contributed by atoms with Crippen LogP contribution >= 0.6 is 0 Å². The van der Waals surface area contributed by atoms with Gasteiger partial charge in [-0.2, -0.15) is 0 Å². The van der Waals surface area contributed by atoms with Crippen LogP contribution in [0.4, 0.5) is 0 Å². The van der Waals surface area contributed by atoms with E-state index >= 15 is 0 Å². The molecule has 0 aliphatic rings. The third-order valence-electron chi connectivity index (χ3n) is 0. The first-order valence-electron chi connectivity index (χ1n) is 1.85. The minimum Gasteiger partial charge on any atom is -0.344 e. The zero-order valence-corrected chi connectivity index (χ0v) is 6.04. The molecule has 0 fully saturated rings. The van der Waals surface area contributed by atoms with E-state index < -0.39 is 0 Å². The Labute approximate surface area is 52.5 Å². The van der Waals surface area contributed by atoms with Crippen molar-refractivity contribution in [3.8, 4) is 0 Å². The molecule has 0 radical (unpaired) electrons. The van der Waals surface area contributed by atoms with Gasteiger partial charge < -0.3 is 12.3 Å². The van der Waals surface area contributed by atoms with Gasteiger partial charge >= 0.3 is 0 Å². The second kappa shape index (κ2) is 32.4. The van der Waals surface area contributed by atoms with Gasteiger partial charge in [-0.3, -0.25) is 0 Å². The number of hydrogen-bond acceptors (Lipinski definition) is 2. The summed E-state index contributed by atoms with van der Waals surface area (Å²) in [5.41, 5.74) is 1.17. The zero-order valence-electron chi connectivity index (χ0n) is 6.04. The van der Waals surface area contributed by atoms with Crippen molar-refractivity contribution in [3.05, 3.63) is 25.3 Å². The molecule has 0 aromatic carbocycles. The standard InChI is InChI=1S/C4H8.C2H4.2H3N/c1-4(2)3;1-2;;/h1H2,2-3H3;1-2H2;2*1H3. The summed E-state index contributed by atoms with van der Waals surface area (Å²) in [5.74, 6) is 0. The molecule has 0 saturated carbocycles. The van der Waals surface area contributed by atoms with Crippen molar-refractivity contribution < 1.29 is 0 Å². The molecule has 0 saturated heterocycles. The maximum Gasteiger partial charge on any atom is -0.0445 e. The summed E-state index contributed by atoms with van der Waals surface area (Å²) in [6.45, 7) is 13.5. The molecule has 2 nitrogen and oxygen atoms in total. The van der Waals surface area contributed by atoms with Gasteiger partial charge in [0.05, 0.1) is 0 Å². The van der Waals surface area contributed by atoms with Crippen LogP contribution in [0.2, 0.25) is 0 Å². The molecule has 8 heavy (non-hydrogen) atoms. The van der Waals surface area contributed by atoms with Gasteiger partial charge in [-0.15, -0.1) is 19.7 Å². The van der Waals surface area contributed by atoms with Gasteiger partial charge in [-0.05, 0) is 13.8 Å². The van der Waals surface area contributed by atoms with E-state index in [-0.39, 0.29) is 12.3 Å². The van der Waals surface area contributed by atoms with E-state index in [4.69, 9.17) is 0 Å². The van der Waals surface area contributed by atoms with Gasteiger partial charge in [0.1, 0.15) is 0 Å². The molecule has 0 amide bonds. The van der Waals surface area contributed by atoms with E-state index in [0.29, 0.717) is 0 Å². The van der Waals surface area contributed by atoms with Gasteiger partial charge in [-0.25, -0.2) is 0 Å². The van der Waals surface area contributed by atoms with E-state index in [9.17, 15) is 0 Å². The lowest BCUT2D eigenvalue weighted by molar-refractivity contribution is 1.42. The summed E-state index contributed by atoms with van der Waals surface area (Å²) >= 11 is 0. The van der Waals surface area contributed by atoms with Crippen molar-refractivity contribution in [3.63, 3.8) is 0 Å². The quantitative estimate of drug-likeness (QED) is 0.480. The second-order valence-electron chi connectivity index (χ2n) is 1.21. The Morgan fingerprint density at radius 1 is 1.00 bits per heavy atom. The average Bonchev–Trinajstić information content (AvgIpc) is 1.41. The maximum absolute atomic E-state index is 3.56. The van der Waals surface area contributed by atoms with Crippen LogP contribution < -0.4 is 12.3 Å². The molecule has 0 bridgehead atoms. The van der Waals surface area contributed by atoms with Crippen LogP contribution in [-0.2, 0) is 0 Å². The fraction of sp³-hybridized carbons (Fsp3) is 0.333. The van der Waals surface area contributed by atoms with Crippen molar-refractivity contribution in [2.75, 3.05) is 0 Å².